The quantitative estimate of drug-likeness (QED) is 0.733. The van der Waals surface area contributed by atoms with Crippen LogP contribution in [0.4, 0.5) is 0 Å². The van der Waals surface area contributed by atoms with Crippen LogP contribution in [0.15, 0.2) is 30.5 Å². The van der Waals surface area contributed by atoms with Crippen molar-refractivity contribution in [3.8, 4) is 17.0 Å². The van der Waals surface area contributed by atoms with Gasteiger partial charge in [0, 0.05) is 23.4 Å². The zero-order chi connectivity index (χ0) is 17.5. The Hall–Kier alpha value is -1.87. The molecule has 0 aliphatic carbocycles. The van der Waals surface area contributed by atoms with E-state index in [-0.39, 0.29) is 0 Å². The first-order valence-corrected chi connectivity index (χ1v) is 9.08. The Balaban J connectivity index is 2.55. The van der Waals surface area contributed by atoms with E-state index in [1.54, 1.807) is 6.20 Å². The Morgan fingerprint density at radius 3 is 2.29 bits per heavy atom. The summed E-state index contributed by atoms with van der Waals surface area (Å²) < 4.78 is 5.81. The number of hydrogen-bond donors (Lipinski definition) is 1. The third kappa shape index (κ3) is 3.96. The van der Waals surface area contributed by atoms with Gasteiger partial charge in [0.2, 0.25) is 0 Å². The molecule has 0 spiro atoms. The summed E-state index contributed by atoms with van der Waals surface area (Å²) in [6, 6.07) is 8.43. The topological polar surface area (TPSA) is 42.4 Å². The zero-order valence-corrected chi connectivity index (χ0v) is 15.3. The van der Waals surface area contributed by atoms with Crippen molar-refractivity contribution in [3.05, 3.63) is 47.2 Å². The smallest absolute Gasteiger partial charge is 0.128 e. The zero-order valence-electron chi connectivity index (χ0n) is 15.3. The van der Waals surface area contributed by atoms with Gasteiger partial charge in [-0.05, 0) is 37.3 Å². The second-order valence-electron chi connectivity index (χ2n) is 6.00. The van der Waals surface area contributed by atoms with Crippen molar-refractivity contribution in [2.45, 2.75) is 59.5 Å². The number of aromatic nitrogens is 1. The Morgan fingerprint density at radius 2 is 1.75 bits per heavy atom. The van der Waals surface area contributed by atoms with Crippen LogP contribution in [0, 0.1) is 0 Å². The molecule has 0 amide bonds. The lowest BCUT2D eigenvalue weighted by Gasteiger charge is -2.18. The van der Waals surface area contributed by atoms with Crippen LogP contribution in [0.1, 0.15) is 63.3 Å². The standard InChI is InChI=1S/C21H29NO2/c1-5-10-19(23)17-14-22-18(13-20(17)24-8-4)21-15(6-2)11-9-12-16(21)7-3/h9,11-14,19,23H,5-8,10H2,1-4H3. The first kappa shape index (κ1) is 18.5. The molecular formula is C21H29NO2. The minimum atomic E-state index is -0.523. The average molecular weight is 327 g/mol. The molecule has 0 radical (unpaired) electrons. The maximum Gasteiger partial charge on any atom is 0.128 e. The Kier molecular flexibility index (Phi) is 6.80. The lowest BCUT2D eigenvalue weighted by atomic mass is 9.94. The summed E-state index contributed by atoms with van der Waals surface area (Å²) in [5, 5.41) is 10.4. The molecule has 24 heavy (non-hydrogen) atoms. The van der Waals surface area contributed by atoms with Crippen molar-refractivity contribution in [1.82, 2.24) is 4.98 Å². The third-order valence-electron chi connectivity index (χ3n) is 4.37. The fourth-order valence-corrected chi connectivity index (χ4v) is 3.12. The van der Waals surface area contributed by atoms with Crippen molar-refractivity contribution in [2.24, 2.45) is 0 Å². The van der Waals surface area contributed by atoms with Crippen LogP contribution in [-0.4, -0.2) is 16.7 Å². The molecule has 3 nitrogen and oxygen atoms in total. The number of rotatable bonds is 8. The molecule has 130 valence electrons. The summed E-state index contributed by atoms with van der Waals surface area (Å²) in [7, 11) is 0. The van der Waals surface area contributed by atoms with E-state index in [1.165, 1.54) is 16.7 Å². The molecule has 1 N–H and O–H groups in total. The molecule has 0 saturated carbocycles. The SMILES string of the molecule is CCCC(O)c1cnc(-c2c(CC)cccc2CC)cc1OCC. The van der Waals surface area contributed by atoms with E-state index in [9.17, 15) is 5.11 Å². The van der Waals surface area contributed by atoms with Crippen molar-refractivity contribution in [3.63, 3.8) is 0 Å². The molecule has 1 aromatic heterocycles. The summed E-state index contributed by atoms with van der Waals surface area (Å²) in [6.07, 6.45) is 4.83. The predicted molar refractivity (Wildman–Crippen MR) is 99.5 cm³/mol. The molecule has 1 heterocycles. The Bertz CT molecular complexity index is 645. The Labute approximate surface area is 145 Å². The molecule has 0 aliphatic rings. The van der Waals surface area contributed by atoms with Gasteiger partial charge in [-0.15, -0.1) is 0 Å². The molecule has 0 aliphatic heterocycles. The van der Waals surface area contributed by atoms with E-state index in [1.807, 2.05) is 13.0 Å². The monoisotopic (exact) mass is 327 g/mol. The number of ether oxygens (including phenoxy) is 1. The molecule has 0 bridgehead atoms. The van der Waals surface area contributed by atoms with Crippen LogP contribution in [0.2, 0.25) is 0 Å². The number of hydrogen-bond acceptors (Lipinski definition) is 3. The largest absolute Gasteiger partial charge is 0.493 e. The highest BCUT2D eigenvalue weighted by molar-refractivity contribution is 5.69. The van der Waals surface area contributed by atoms with Gasteiger partial charge < -0.3 is 9.84 Å². The molecule has 2 rings (SSSR count). The highest BCUT2D eigenvalue weighted by Gasteiger charge is 2.17. The summed E-state index contributed by atoms with van der Waals surface area (Å²) in [4.78, 5) is 4.67. The van der Waals surface area contributed by atoms with Crippen molar-refractivity contribution in [2.75, 3.05) is 6.61 Å². The summed E-state index contributed by atoms with van der Waals surface area (Å²) >= 11 is 0. The van der Waals surface area contributed by atoms with Crippen molar-refractivity contribution < 1.29 is 9.84 Å². The fourth-order valence-electron chi connectivity index (χ4n) is 3.12. The third-order valence-corrected chi connectivity index (χ3v) is 4.37. The molecule has 3 heteroatoms. The lowest BCUT2D eigenvalue weighted by Crippen LogP contribution is -2.05. The maximum absolute atomic E-state index is 10.4. The second kappa shape index (κ2) is 8.84. The molecule has 1 atom stereocenters. The van der Waals surface area contributed by atoms with Gasteiger partial charge in [-0.1, -0.05) is 45.4 Å². The summed E-state index contributed by atoms with van der Waals surface area (Å²) in [5.41, 5.74) is 5.52. The van der Waals surface area contributed by atoms with Gasteiger partial charge >= 0.3 is 0 Å². The highest BCUT2D eigenvalue weighted by Crippen LogP contribution is 2.34. The molecule has 2 aromatic rings. The predicted octanol–water partition coefficient (Wildman–Crippen LogP) is 5.11. The van der Waals surface area contributed by atoms with Gasteiger partial charge in [-0.25, -0.2) is 0 Å². The minimum absolute atomic E-state index is 0.523. The van der Waals surface area contributed by atoms with Gasteiger partial charge in [0.1, 0.15) is 5.75 Å². The Morgan fingerprint density at radius 1 is 1.08 bits per heavy atom. The first-order valence-electron chi connectivity index (χ1n) is 9.08. The van der Waals surface area contributed by atoms with Crippen LogP contribution in [0.5, 0.6) is 5.75 Å². The van der Waals surface area contributed by atoms with Crippen LogP contribution in [0.3, 0.4) is 0 Å². The molecular weight excluding hydrogens is 298 g/mol. The lowest BCUT2D eigenvalue weighted by molar-refractivity contribution is 0.160. The number of aryl methyl sites for hydroxylation is 2. The number of pyridine rings is 1. The number of aliphatic hydroxyl groups excluding tert-OH is 1. The van der Waals surface area contributed by atoms with E-state index in [4.69, 9.17) is 4.74 Å². The van der Waals surface area contributed by atoms with Gasteiger partial charge in [0.05, 0.1) is 18.4 Å². The van der Waals surface area contributed by atoms with Crippen LogP contribution >= 0.6 is 0 Å². The van der Waals surface area contributed by atoms with Gasteiger partial charge in [0.25, 0.3) is 0 Å². The van der Waals surface area contributed by atoms with Crippen molar-refractivity contribution >= 4 is 0 Å². The molecule has 0 fully saturated rings. The van der Waals surface area contributed by atoms with Crippen LogP contribution in [-0.2, 0) is 12.8 Å². The molecule has 0 saturated heterocycles. The minimum Gasteiger partial charge on any atom is -0.493 e. The van der Waals surface area contributed by atoms with Crippen LogP contribution < -0.4 is 4.74 Å². The highest BCUT2D eigenvalue weighted by atomic mass is 16.5. The van der Waals surface area contributed by atoms with Gasteiger partial charge in [-0.3, -0.25) is 4.98 Å². The van der Waals surface area contributed by atoms with Gasteiger partial charge in [0.15, 0.2) is 0 Å². The van der Waals surface area contributed by atoms with E-state index in [0.717, 1.165) is 36.3 Å². The van der Waals surface area contributed by atoms with E-state index >= 15 is 0 Å². The number of aliphatic hydroxyl groups is 1. The normalized spacial score (nSPS) is 12.2. The number of benzene rings is 1. The maximum atomic E-state index is 10.4. The number of nitrogens with zero attached hydrogens (tertiary/aromatic N) is 1. The second-order valence-corrected chi connectivity index (χ2v) is 6.00. The van der Waals surface area contributed by atoms with E-state index < -0.39 is 6.10 Å². The summed E-state index contributed by atoms with van der Waals surface area (Å²) in [6.45, 7) is 8.94. The average Bonchev–Trinajstić information content (AvgIpc) is 2.61. The van der Waals surface area contributed by atoms with Crippen LogP contribution in [0.25, 0.3) is 11.3 Å². The van der Waals surface area contributed by atoms with E-state index in [2.05, 4.69) is 44.0 Å². The molecule has 1 aromatic carbocycles. The van der Waals surface area contributed by atoms with Crippen molar-refractivity contribution in [1.29, 1.82) is 0 Å². The summed E-state index contributed by atoms with van der Waals surface area (Å²) in [5.74, 6) is 0.747. The van der Waals surface area contributed by atoms with Gasteiger partial charge in [-0.2, -0.15) is 0 Å². The molecule has 1 unspecified atom stereocenters. The van der Waals surface area contributed by atoms with E-state index in [0.29, 0.717) is 13.0 Å². The fraction of sp³-hybridized carbons (Fsp3) is 0.476. The first-order chi connectivity index (χ1) is 11.7.